The number of hydrogen-bond donors (Lipinski definition) is 3. The summed E-state index contributed by atoms with van der Waals surface area (Å²) >= 11 is 1.17. The standard InChI is InChI=1S/C17H24N2O6S/c1-9(13(14(20)21)19-16(23)25-17(2,3)4)26-12-7-6-10(8-11(12)18)15(22)24-5/h6-9,13H,18H2,1-5H3,(H,19,23)(H,20,21). The third kappa shape index (κ3) is 6.47. The summed E-state index contributed by atoms with van der Waals surface area (Å²) in [5.41, 5.74) is 5.80. The number of nitrogens with two attached hydrogens (primary N) is 1. The van der Waals surface area contributed by atoms with Gasteiger partial charge in [0.25, 0.3) is 0 Å². The van der Waals surface area contributed by atoms with Crippen LogP contribution in [0.15, 0.2) is 23.1 Å². The Balaban J connectivity index is 2.88. The molecule has 0 heterocycles. The van der Waals surface area contributed by atoms with Gasteiger partial charge < -0.3 is 25.6 Å². The Morgan fingerprint density at radius 2 is 1.88 bits per heavy atom. The van der Waals surface area contributed by atoms with Crippen LogP contribution >= 0.6 is 11.8 Å². The number of anilines is 1. The molecule has 2 atom stereocenters. The number of rotatable bonds is 6. The zero-order chi connectivity index (χ0) is 20.1. The van der Waals surface area contributed by atoms with Gasteiger partial charge >= 0.3 is 18.0 Å². The molecule has 4 N–H and O–H groups in total. The molecular weight excluding hydrogens is 360 g/mol. The first kappa shape index (κ1) is 21.6. The Morgan fingerprint density at radius 1 is 1.27 bits per heavy atom. The second-order valence-corrected chi connectivity index (χ2v) is 7.95. The molecule has 0 fully saturated rings. The number of ether oxygens (including phenoxy) is 2. The van der Waals surface area contributed by atoms with Crippen LogP contribution in [0.25, 0.3) is 0 Å². The molecule has 1 amide bonds. The summed E-state index contributed by atoms with van der Waals surface area (Å²) in [5, 5.41) is 11.2. The van der Waals surface area contributed by atoms with Crippen LogP contribution in [0.5, 0.6) is 0 Å². The Kier molecular flexibility index (Phi) is 7.31. The molecular formula is C17H24N2O6S. The molecule has 144 valence electrons. The van der Waals surface area contributed by atoms with E-state index in [4.69, 9.17) is 10.5 Å². The van der Waals surface area contributed by atoms with Crippen LogP contribution in [0.4, 0.5) is 10.5 Å². The van der Waals surface area contributed by atoms with E-state index in [2.05, 4.69) is 10.1 Å². The van der Waals surface area contributed by atoms with E-state index in [0.717, 1.165) is 0 Å². The van der Waals surface area contributed by atoms with Crippen molar-refractivity contribution in [3.63, 3.8) is 0 Å². The molecule has 1 aromatic rings. The van der Waals surface area contributed by atoms with Gasteiger partial charge in [-0.2, -0.15) is 0 Å². The van der Waals surface area contributed by atoms with Crippen molar-refractivity contribution >= 4 is 35.5 Å². The molecule has 8 nitrogen and oxygen atoms in total. The summed E-state index contributed by atoms with van der Waals surface area (Å²) in [7, 11) is 1.27. The van der Waals surface area contributed by atoms with Crippen LogP contribution in [0.3, 0.4) is 0 Å². The highest BCUT2D eigenvalue weighted by Crippen LogP contribution is 2.31. The smallest absolute Gasteiger partial charge is 0.408 e. The van der Waals surface area contributed by atoms with Crippen LogP contribution < -0.4 is 11.1 Å². The normalized spacial score (nSPS) is 13.4. The van der Waals surface area contributed by atoms with Crippen molar-refractivity contribution in [3.8, 4) is 0 Å². The van der Waals surface area contributed by atoms with Gasteiger partial charge in [-0.1, -0.05) is 6.92 Å². The minimum atomic E-state index is -1.19. The zero-order valence-corrected chi connectivity index (χ0v) is 16.2. The first-order valence-electron chi connectivity index (χ1n) is 7.81. The fourth-order valence-electron chi connectivity index (χ4n) is 1.98. The van der Waals surface area contributed by atoms with Gasteiger partial charge in [0.1, 0.15) is 11.6 Å². The van der Waals surface area contributed by atoms with E-state index in [0.29, 0.717) is 16.1 Å². The Morgan fingerprint density at radius 3 is 2.35 bits per heavy atom. The average Bonchev–Trinajstić information content (AvgIpc) is 2.51. The SMILES string of the molecule is COC(=O)c1ccc(SC(C)C(NC(=O)OC(C)(C)C)C(=O)O)c(N)c1. The van der Waals surface area contributed by atoms with Crippen LogP contribution in [-0.4, -0.2) is 47.1 Å². The average molecular weight is 384 g/mol. The molecule has 0 aliphatic rings. The lowest BCUT2D eigenvalue weighted by Crippen LogP contribution is -2.48. The summed E-state index contributed by atoms with van der Waals surface area (Å²) < 4.78 is 9.72. The van der Waals surface area contributed by atoms with E-state index >= 15 is 0 Å². The molecule has 0 aromatic heterocycles. The van der Waals surface area contributed by atoms with Gasteiger partial charge in [-0.25, -0.2) is 14.4 Å². The van der Waals surface area contributed by atoms with E-state index in [9.17, 15) is 19.5 Å². The summed E-state index contributed by atoms with van der Waals surface area (Å²) in [6.45, 7) is 6.70. The summed E-state index contributed by atoms with van der Waals surface area (Å²) in [4.78, 5) is 35.5. The highest BCUT2D eigenvalue weighted by atomic mass is 32.2. The first-order valence-corrected chi connectivity index (χ1v) is 8.69. The molecule has 0 radical (unpaired) electrons. The number of carboxylic acid groups (broad SMARTS) is 1. The third-order valence-electron chi connectivity index (χ3n) is 3.15. The number of aliphatic carboxylic acids is 1. The van der Waals surface area contributed by atoms with Crippen LogP contribution in [0.1, 0.15) is 38.1 Å². The summed E-state index contributed by atoms with van der Waals surface area (Å²) in [6, 6.07) is 3.41. The largest absolute Gasteiger partial charge is 0.480 e. The predicted octanol–water partition coefficient (Wildman–Crippen LogP) is 2.51. The molecule has 1 rings (SSSR count). The van der Waals surface area contributed by atoms with E-state index in [1.54, 1.807) is 33.8 Å². The Labute approximate surface area is 156 Å². The maximum atomic E-state index is 11.9. The van der Waals surface area contributed by atoms with Crippen LogP contribution in [-0.2, 0) is 14.3 Å². The fraction of sp³-hybridized carbons (Fsp3) is 0.471. The second-order valence-electron chi connectivity index (χ2n) is 6.53. The molecule has 1 aromatic carbocycles. The number of thioether (sulfide) groups is 1. The number of amides is 1. The van der Waals surface area contributed by atoms with Crippen molar-refractivity contribution in [3.05, 3.63) is 23.8 Å². The molecule has 9 heteroatoms. The number of esters is 1. The summed E-state index contributed by atoms with van der Waals surface area (Å²) in [5.74, 6) is -1.71. The van der Waals surface area contributed by atoms with Crippen molar-refractivity contribution in [2.24, 2.45) is 0 Å². The van der Waals surface area contributed by atoms with Crippen LogP contribution in [0, 0.1) is 0 Å². The lowest BCUT2D eigenvalue weighted by atomic mass is 10.2. The number of alkyl carbamates (subject to hydrolysis) is 1. The van der Waals surface area contributed by atoms with Gasteiger partial charge in [-0.15, -0.1) is 11.8 Å². The zero-order valence-electron chi connectivity index (χ0n) is 15.4. The minimum absolute atomic E-state index is 0.295. The minimum Gasteiger partial charge on any atom is -0.480 e. The lowest BCUT2D eigenvalue weighted by Gasteiger charge is -2.25. The molecule has 0 saturated carbocycles. The lowest BCUT2D eigenvalue weighted by molar-refractivity contribution is -0.139. The first-order chi connectivity index (χ1) is 11.9. The number of carboxylic acids is 1. The number of nitrogens with one attached hydrogen (secondary N) is 1. The van der Waals surface area contributed by atoms with Gasteiger partial charge in [0.15, 0.2) is 0 Å². The van der Waals surface area contributed by atoms with Crippen LogP contribution in [0.2, 0.25) is 0 Å². The van der Waals surface area contributed by atoms with Crippen molar-refractivity contribution in [2.45, 2.75) is 49.5 Å². The molecule has 0 spiro atoms. The predicted molar refractivity (Wildman–Crippen MR) is 98.3 cm³/mol. The van der Waals surface area contributed by atoms with Gasteiger partial charge in [-0.3, -0.25) is 0 Å². The molecule has 0 saturated heterocycles. The highest BCUT2D eigenvalue weighted by Gasteiger charge is 2.30. The summed E-state index contributed by atoms with van der Waals surface area (Å²) in [6.07, 6.45) is -0.814. The fourth-order valence-corrected chi connectivity index (χ4v) is 3.05. The number of nitrogen functional groups attached to an aromatic ring is 1. The second kappa shape index (κ2) is 8.79. The number of carbonyl (C=O) groups is 3. The maximum Gasteiger partial charge on any atom is 0.408 e. The maximum absolute atomic E-state index is 11.9. The Bertz CT molecular complexity index is 686. The number of hydrogen-bond acceptors (Lipinski definition) is 7. The van der Waals surface area contributed by atoms with Crippen molar-refractivity contribution in [1.29, 1.82) is 0 Å². The monoisotopic (exact) mass is 384 g/mol. The van der Waals surface area contributed by atoms with E-state index in [-0.39, 0.29) is 0 Å². The molecule has 2 unspecified atom stereocenters. The Hall–Kier alpha value is -2.42. The van der Waals surface area contributed by atoms with Gasteiger partial charge in [-0.05, 0) is 39.0 Å². The topological polar surface area (TPSA) is 128 Å². The molecule has 26 heavy (non-hydrogen) atoms. The van der Waals surface area contributed by atoms with E-state index in [1.807, 2.05) is 0 Å². The third-order valence-corrected chi connectivity index (χ3v) is 4.42. The van der Waals surface area contributed by atoms with Crippen molar-refractivity contribution in [1.82, 2.24) is 5.32 Å². The highest BCUT2D eigenvalue weighted by molar-refractivity contribution is 8.00. The van der Waals surface area contributed by atoms with Gasteiger partial charge in [0, 0.05) is 15.8 Å². The molecule has 0 aliphatic heterocycles. The van der Waals surface area contributed by atoms with Gasteiger partial charge in [0.05, 0.1) is 12.7 Å². The molecule has 0 bridgehead atoms. The van der Waals surface area contributed by atoms with E-state index < -0.39 is 34.9 Å². The van der Waals surface area contributed by atoms with Crippen molar-refractivity contribution < 1.29 is 29.0 Å². The number of carbonyl (C=O) groups excluding carboxylic acids is 2. The van der Waals surface area contributed by atoms with Gasteiger partial charge in [0.2, 0.25) is 0 Å². The molecule has 0 aliphatic carbocycles. The number of benzene rings is 1. The quantitative estimate of drug-likeness (QED) is 0.388. The van der Waals surface area contributed by atoms with E-state index in [1.165, 1.54) is 31.0 Å². The van der Waals surface area contributed by atoms with Crippen molar-refractivity contribution in [2.75, 3.05) is 12.8 Å². The number of methoxy groups -OCH3 is 1.